The Balaban J connectivity index is 0.990. The van der Waals surface area contributed by atoms with Gasteiger partial charge in [0.25, 0.3) is 0 Å². The molecule has 1 aromatic heterocycles. The largest absolute Gasteiger partial charge is 0.372 e. The van der Waals surface area contributed by atoms with Crippen LogP contribution in [-0.4, -0.2) is 60.9 Å². The molecule has 0 unspecified atom stereocenters. The van der Waals surface area contributed by atoms with Crippen molar-refractivity contribution in [3.8, 4) is 0 Å². The summed E-state index contributed by atoms with van der Waals surface area (Å²) < 4.78 is 14.9. The molecular formula is C42H52FN5. The second kappa shape index (κ2) is 14.3. The summed E-state index contributed by atoms with van der Waals surface area (Å²) in [5.74, 6) is 1.02. The van der Waals surface area contributed by atoms with Crippen LogP contribution in [0.3, 0.4) is 0 Å². The zero-order valence-electron chi connectivity index (χ0n) is 29.2. The zero-order valence-corrected chi connectivity index (χ0v) is 29.2. The molecule has 2 aliphatic heterocycles. The Bertz CT molecular complexity index is 1770. The van der Waals surface area contributed by atoms with Crippen LogP contribution in [0.4, 0.5) is 15.8 Å². The number of allylic oxidation sites excluding steroid dienone is 1. The fourth-order valence-electron chi connectivity index (χ4n) is 8.54. The van der Waals surface area contributed by atoms with Gasteiger partial charge in [0.2, 0.25) is 5.95 Å². The molecule has 0 radical (unpaired) electrons. The van der Waals surface area contributed by atoms with E-state index in [1.54, 1.807) is 0 Å². The average Bonchev–Trinajstić information content (AvgIpc) is 3.40. The minimum Gasteiger partial charge on any atom is -0.372 e. The van der Waals surface area contributed by atoms with Crippen molar-refractivity contribution < 1.29 is 4.39 Å². The Hall–Kier alpha value is -3.90. The van der Waals surface area contributed by atoms with E-state index < -0.39 is 0 Å². The SMILES string of the molecule is C=Cc1ccc(N2CCN(CC3CCN(c4ccc(C5=C(CC(C)C)CCCc6c5ccc5n[nH]c(F)c65)cc4)CC3)CC2)cc1CC. The molecule has 3 aliphatic rings. The lowest BCUT2D eigenvalue weighted by atomic mass is 9.86. The van der Waals surface area contributed by atoms with Crippen LogP contribution in [-0.2, 0) is 12.8 Å². The Morgan fingerprint density at radius 1 is 0.917 bits per heavy atom. The summed E-state index contributed by atoms with van der Waals surface area (Å²) in [5.41, 5.74) is 12.4. The van der Waals surface area contributed by atoms with Crippen LogP contribution < -0.4 is 9.80 Å². The molecule has 0 saturated carbocycles. The van der Waals surface area contributed by atoms with E-state index in [0.717, 1.165) is 88.4 Å². The quantitative estimate of drug-likeness (QED) is 0.197. The van der Waals surface area contributed by atoms with Crippen molar-refractivity contribution in [2.24, 2.45) is 11.8 Å². The van der Waals surface area contributed by atoms with Crippen LogP contribution in [0.15, 0.2) is 66.7 Å². The van der Waals surface area contributed by atoms with Gasteiger partial charge in [0.15, 0.2) is 0 Å². The van der Waals surface area contributed by atoms with Gasteiger partial charge in [0.05, 0.1) is 10.9 Å². The number of aromatic amines is 1. The van der Waals surface area contributed by atoms with Gasteiger partial charge in [-0.1, -0.05) is 63.3 Å². The van der Waals surface area contributed by atoms with Gasteiger partial charge in [-0.15, -0.1) is 0 Å². The predicted octanol–water partition coefficient (Wildman–Crippen LogP) is 9.13. The highest BCUT2D eigenvalue weighted by atomic mass is 19.1. The molecule has 6 heteroatoms. The number of hydrogen-bond donors (Lipinski definition) is 1. The van der Waals surface area contributed by atoms with Crippen LogP contribution in [0, 0.1) is 17.8 Å². The van der Waals surface area contributed by atoms with E-state index in [4.69, 9.17) is 0 Å². The van der Waals surface area contributed by atoms with Crippen LogP contribution in [0.1, 0.15) is 80.7 Å². The minimum atomic E-state index is -0.310. The molecule has 0 spiro atoms. The molecule has 2 saturated heterocycles. The summed E-state index contributed by atoms with van der Waals surface area (Å²) in [5, 5.41) is 7.47. The van der Waals surface area contributed by atoms with Crippen LogP contribution in [0.25, 0.3) is 22.6 Å². The van der Waals surface area contributed by atoms with Crippen molar-refractivity contribution in [1.29, 1.82) is 0 Å². The third kappa shape index (κ3) is 6.69. The zero-order chi connectivity index (χ0) is 33.2. The van der Waals surface area contributed by atoms with E-state index >= 15 is 0 Å². The smallest absolute Gasteiger partial charge is 0.217 e. The van der Waals surface area contributed by atoms with Gasteiger partial charge < -0.3 is 9.80 Å². The Kier molecular flexibility index (Phi) is 9.72. The summed E-state index contributed by atoms with van der Waals surface area (Å²) in [6, 6.07) is 20.3. The maximum Gasteiger partial charge on any atom is 0.217 e. The first-order valence-corrected chi connectivity index (χ1v) is 18.4. The summed E-state index contributed by atoms with van der Waals surface area (Å²) in [4.78, 5) is 7.83. The number of rotatable bonds is 9. The lowest BCUT2D eigenvalue weighted by molar-refractivity contribution is 0.201. The van der Waals surface area contributed by atoms with Gasteiger partial charge in [-0.3, -0.25) is 10.00 Å². The third-order valence-electron chi connectivity index (χ3n) is 11.1. The highest BCUT2D eigenvalue weighted by molar-refractivity contribution is 5.93. The molecule has 0 atom stereocenters. The first kappa shape index (κ1) is 32.6. The summed E-state index contributed by atoms with van der Waals surface area (Å²) in [6.45, 7) is 18.7. The van der Waals surface area contributed by atoms with Gasteiger partial charge in [-0.2, -0.15) is 9.49 Å². The van der Waals surface area contributed by atoms with Crippen molar-refractivity contribution in [1.82, 2.24) is 15.1 Å². The highest BCUT2D eigenvalue weighted by Crippen LogP contribution is 2.41. The predicted molar refractivity (Wildman–Crippen MR) is 200 cm³/mol. The molecule has 4 aromatic rings. The minimum absolute atomic E-state index is 0.310. The molecule has 3 aromatic carbocycles. The lowest BCUT2D eigenvalue weighted by Gasteiger charge is -2.40. The number of nitrogens with one attached hydrogen (secondary N) is 1. The molecule has 252 valence electrons. The van der Waals surface area contributed by atoms with Crippen LogP contribution >= 0.6 is 0 Å². The van der Waals surface area contributed by atoms with E-state index in [-0.39, 0.29) is 5.95 Å². The van der Waals surface area contributed by atoms with Crippen molar-refractivity contribution in [2.45, 2.75) is 65.7 Å². The number of H-pyrrole nitrogens is 1. The average molecular weight is 646 g/mol. The van der Waals surface area contributed by atoms with E-state index in [1.165, 1.54) is 64.2 Å². The van der Waals surface area contributed by atoms with E-state index in [1.807, 2.05) is 12.1 Å². The maximum absolute atomic E-state index is 14.9. The lowest BCUT2D eigenvalue weighted by Crippen LogP contribution is -2.49. The van der Waals surface area contributed by atoms with Gasteiger partial charge in [0.1, 0.15) is 0 Å². The second-order valence-corrected chi connectivity index (χ2v) is 14.7. The number of halogens is 1. The van der Waals surface area contributed by atoms with Crippen molar-refractivity contribution in [3.63, 3.8) is 0 Å². The van der Waals surface area contributed by atoms with Crippen LogP contribution in [0.2, 0.25) is 0 Å². The fraction of sp³-hybridized carbons (Fsp3) is 0.452. The molecule has 0 bridgehead atoms. The molecular weight excluding hydrogens is 593 g/mol. The molecule has 2 fully saturated rings. The van der Waals surface area contributed by atoms with Gasteiger partial charge in [-0.25, -0.2) is 0 Å². The third-order valence-corrected chi connectivity index (χ3v) is 11.1. The van der Waals surface area contributed by atoms with E-state index in [0.29, 0.717) is 11.3 Å². The number of fused-ring (bicyclic) bond motifs is 3. The highest BCUT2D eigenvalue weighted by Gasteiger charge is 2.26. The van der Waals surface area contributed by atoms with Crippen molar-refractivity contribution in [2.75, 3.05) is 55.6 Å². The number of piperazine rings is 1. The number of anilines is 2. The van der Waals surface area contributed by atoms with Gasteiger partial charge in [0, 0.05) is 57.2 Å². The summed E-state index contributed by atoms with van der Waals surface area (Å²) in [6.07, 6.45) is 9.53. The molecule has 3 heterocycles. The molecule has 1 aliphatic carbocycles. The molecule has 48 heavy (non-hydrogen) atoms. The number of piperidine rings is 1. The first-order valence-electron chi connectivity index (χ1n) is 18.4. The summed E-state index contributed by atoms with van der Waals surface area (Å²) >= 11 is 0. The Morgan fingerprint density at radius 2 is 1.65 bits per heavy atom. The van der Waals surface area contributed by atoms with Crippen molar-refractivity contribution in [3.05, 3.63) is 101 Å². The standard InChI is InChI=1S/C42H52FN5/c1-5-31-10-15-36(27-32(31)6-2)48-24-22-46(23-25-48)28-30-18-20-47(21-19-30)35-13-11-33(12-14-35)40-34(26-29(3)4)8-7-9-37-38(40)16-17-39-41(37)42(43)45-44-39/h5,10-17,27,29-30H,1,6-9,18-26,28H2,2-4H3,(H,44,45). The first-order chi connectivity index (χ1) is 23.4. The number of benzene rings is 3. The topological polar surface area (TPSA) is 38.4 Å². The van der Waals surface area contributed by atoms with E-state index in [9.17, 15) is 4.39 Å². The Labute approximate surface area is 286 Å². The maximum atomic E-state index is 14.9. The molecule has 0 amide bonds. The Morgan fingerprint density at radius 3 is 2.35 bits per heavy atom. The van der Waals surface area contributed by atoms with Gasteiger partial charge in [-0.05, 0) is 121 Å². The number of aryl methyl sites for hydroxylation is 2. The summed E-state index contributed by atoms with van der Waals surface area (Å²) in [7, 11) is 0. The molecule has 1 N–H and O–H groups in total. The van der Waals surface area contributed by atoms with E-state index in [2.05, 4.69) is 101 Å². The number of nitrogens with zero attached hydrogens (tertiary/aromatic N) is 4. The number of hydrogen-bond acceptors (Lipinski definition) is 4. The molecule has 7 rings (SSSR count). The normalized spacial score (nSPS) is 18.1. The monoisotopic (exact) mass is 645 g/mol. The molecule has 5 nitrogen and oxygen atoms in total. The van der Waals surface area contributed by atoms with Crippen LogP contribution in [0.5, 0.6) is 0 Å². The van der Waals surface area contributed by atoms with Crippen molar-refractivity contribution >= 4 is 33.9 Å². The second-order valence-electron chi connectivity index (χ2n) is 14.7. The van der Waals surface area contributed by atoms with Gasteiger partial charge >= 0.3 is 0 Å². The number of aromatic nitrogens is 2. The fourth-order valence-corrected chi connectivity index (χ4v) is 8.54.